The topological polar surface area (TPSA) is 31.2 Å². The van der Waals surface area contributed by atoms with Crippen molar-refractivity contribution in [2.75, 3.05) is 19.8 Å². The number of rotatable bonds is 6. The predicted octanol–water partition coefficient (Wildman–Crippen LogP) is 13.9. The zero-order chi connectivity index (χ0) is 36.6. The fraction of sp³-hybridized carbons (Fsp3) is 0.350. The number of benzene rings is 4. The molecule has 0 bridgehead atoms. The molecule has 0 aliphatic carbocycles. The van der Waals surface area contributed by atoms with Gasteiger partial charge in [-0.2, -0.15) is 0 Å². The molecular formula is C40H42Cl6N4. The van der Waals surface area contributed by atoms with Gasteiger partial charge in [-0.3, -0.25) is 0 Å². The van der Waals surface area contributed by atoms with E-state index in [4.69, 9.17) is 79.6 Å². The molecule has 10 heteroatoms. The summed E-state index contributed by atoms with van der Waals surface area (Å²) in [5.74, 6) is 1.96. The second-order valence-corrected chi connectivity index (χ2v) is 15.9. The molecule has 0 aromatic heterocycles. The summed E-state index contributed by atoms with van der Waals surface area (Å²) in [6, 6.07) is 16.8. The van der Waals surface area contributed by atoms with Crippen LogP contribution in [0.2, 0.25) is 30.1 Å². The third-order valence-corrected chi connectivity index (χ3v) is 11.7. The molecule has 1 heterocycles. The Bertz CT molecular complexity index is 1900. The van der Waals surface area contributed by atoms with Gasteiger partial charge in [0.25, 0.3) is 0 Å². The minimum Gasteiger partial charge on any atom is -0.338 e. The third kappa shape index (κ3) is 7.82. The van der Waals surface area contributed by atoms with Gasteiger partial charge in [0.2, 0.25) is 0 Å². The first-order valence-electron chi connectivity index (χ1n) is 16.8. The molecule has 1 aliphatic rings. The molecule has 0 saturated carbocycles. The first-order valence-corrected chi connectivity index (χ1v) is 19.0. The lowest BCUT2D eigenvalue weighted by Gasteiger charge is -2.40. The average molecular weight is 792 g/mol. The van der Waals surface area contributed by atoms with Crippen molar-refractivity contribution in [1.29, 1.82) is 0 Å². The van der Waals surface area contributed by atoms with E-state index in [-0.39, 0.29) is 36.9 Å². The maximum Gasteiger partial charge on any atom is 0.141 e. The van der Waals surface area contributed by atoms with Crippen LogP contribution >= 0.6 is 69.6 Å². The smallest absolute Gasteiger partial charge is 0.141 e. The SMILES string of the molecule is Cc1cc(C)c(N=C(c2c(Cl)c(Cl)c(Cl)c(Cl)c2Cl)N2CCCN(C(=Nc3c(C(C)C)cccc3C(C)C)c3c(C)cccc3C)C2)c(Cl)c1. The van der Waals surface area contributed by atoms with Crippen LogP contribution in [0.15, 0.2) is 58.5 Å². The van der Waals surface area contributed by atoms with E-state index in [2.05, 4.69) is 87.7 Å². The van der Waals surface area contributed by atoms with Gasteiger partial charge in [0.15, 0.2) is 0 Å². The van der Waals surface area contributed by atoms with Gasteiger partial charge in [-0.25, -0.2) is 9.98 Å². The maximum absolute atomic E-state index is 6.96. The lowest BCUT2D eigenvalue weighted by Crippen LogP contribution is -2.50. The van der Waals surface area contributed by atoms with Crippen molar-refractivity contribution in [2.24, 2.45) is 9.98 Å². The van der Waals surface area contributed by atoms with Gasteiger partial charge < -0.3 is 9.80 Å². The van der Waals surface area contributed by atoms with Crippen LogP contribution in [0.25, 0.3) is 0 Å². The standard InChI is InChI=1S/C40H42Cl6N4/c1-21(2)27-14-10-15-28(22(3)4)38(27)48-39(30-24(6)12-9-13-25(30)7)49-16-11-17-50(20-49)40(47-37-26(8)18-23(5)19-29(37)41)31-32(42)34(44)36(46)35(45)33(31)43/h9-10,12-15,18-19,21-22H,11,16-17,20H2,1-8H3. The van der Waals surface area contributed by atoms with Crippen LogP contribution in [0.3, 0.4) is 0 Å². The molecule has 0 amide bonds. The highest BCUT2D eigenvalue weighted by Gasteiger charge is 2.31. The number of aliphatic imine (C=N–C) groups is 2. The summed E-state index contributed by atoms with van der Waals surface area (Å²) in [6.45, 7) is 19.0. The molecule has 5 rings (SSSR count). The monoisotopic (exact) mass is 788 g/mol. The number of nitrogens with zero attached hydrogens (tertiary/aromatic N) is 4. The molecule has 50 heavy (non-hydrogen) atoms. The lowest BCUT2D eigenvalue weighted by molar-refractivity contribution is 0.214. The van der Waals surface area contributed by atoms with Crippen LogP contribution in [-0.4, -0.2) is 41.2 Å². The minimum absolute atomic E-state index is 0.0884. The maximum atomic E-state index is 6.96. The molecule has 1 saturated heterocycles. The van der Waals surface area contributed by atoms with E-state index in [9.17, 15) is 0 Å². The molecule has 4 aromatic carbocycles. The molecule has 1 aliphatic heterocycles. The summed E-state index contributed by atoms with van der Waals surface area (Å²) < 4.78 is 0. The lowest BCUT2D eigenvalue weighted by atomic mass is 9.92. The molecule has 4 nitrogen and oxygen atoms in total. The van der Waals surface area contributed by atoms with Crippen molar-refractivity contribution in [3.8, 4) is 0 Å². The van der Waals surface area contributed by atoms with Gasteiger partial charge >= 0.3 is 0 Å². The minimum atomic E-state index is 0.0884. The van der Waals surface area contributed by atoms with Gasteiger partial charge in [-0.15, -0.1) is 0 Å². The number of aryl methyl sites for hydroxylation is 4. The Labute approximate surface area is 327 Å². The number of hydrogen-bond donors (Lipinski definition) is 0. The third-order valence-electron chi connectivity index (χ3n) is 9.11. The van der Waals surface area contributed by atoms with Crippen LogP contribution in [0.5, 0.6) is 0 Å². The van der Waals surface area contributed by atoms with E-state index in [1.807, 2.05) is 26.0 Å². The summed E-state index contributed by atoms with van der Waals surface area (Å²) in [4.78, 5) is 15.3. The van der Waals surface area contributed by atoms with E-state index in [0.717, 1.165) is 52.3 Å². The first-order chi connectivity index (χ1) is 23.6. The van der Waals surface area contributed by atoms with E-state index in [1.54, 1.807) is 0 Å². The molecule has 4 aromatic rings. The van der Waals surface area contributed by atoms with Crippen molar-refractivity contribution >= 4 is 92.7 Å². The van der Waals surface area contributed by atoms with E-state index >= 15 is 0 Å². The highest BCUT2D eigenvalue weighted by Crippen LogP contribution is 2.45. The normalized spacial score (nSPS) is 14.4. The molecule has 264 valence electrons. The molecular weight excluding hydrogens is 749 g/mol. The molecule has 0 atom stereocenters. The van der Waals surface area contributed by atoms with Gasteiger partial charge in [0.1, 0.15) is 11.7 Å². The molecule has 1 fully saturated rings. The van der Waals surface area contributed by atoms with Crippen LogP contribution in [0.1, 0.15) is 90.5 Å². The highest BCUT2D eigenvalue weighted by molar-refractivity contribution is 6.56. The number of amidine groups is 2. The highest BCUT2D eigenvalue weighted by atomic mass is 35.5. The zero-order valence-electron chi connectivity index (χ0n) is 29.7. The van der Waals surface area contributed by atoms with Gasteiger partial charge in [0.05, 0.1) is 53.7 Å². The molecule has 0 spiro atoms. The van der Waals surface area contributed by atoms with Crippen LogP contribution in [0, 0.1) is 27.7 Å². The van der Waals surface area contributed by atoms with Gasteiger partial charge in [-0.05, 0) is 85.4 Å². The van der Waals surface area contributed by atoms with Crippen LogP contribution in [0.4, 0.5) is 11.4 Å². The van der Waals surface area contributed by atoms with E-state index < -0.39 is 0 Å². The summed E-state index contributed by atoms with van der Waals surface area (Å²) >= 11 is 40.5. The van der Waals surface area contributed by atoms with Crippen molar-refractivity contribution < 1.29 is 0 Å². The quantitative estimate of drug-likeness (QED) is 0.0843. The number of halogens is 6. The fourth-order valence-corrected chi connectivity index (χ4v) is 8.26. The van der Waals surface area contributed by atoms with Crippen molar-refractivity contribution in [2.45, 2.75) is 73.6 Å². The Balaban J connectivity index is 1.76. The van der Waals surface area contributed by atoms with Crippen molar-refractivity contribution in [3.05, 3.63) is 123 Å². The second kappa shape index (κ2) is 16.1. The Morgan fingerprint density at radius 2 is 1.04 bits per heavy atom. The van der Waals surface area contributed by atoms with Crippen LogP contribution < -0.4 is 0 Å². The Hall–Kier alpha value is -2.44. The number of hydrogen-bond acceptors (Lipinski definition) is 2. The summed E-state index contributed by atoms with van der Waals surface area (Å²) in [5, 5.41) is 1.14. The Kier molecular flexibility index (Phi) is 12.5. The largest absolute Gasteiger partial charge is 0.338 e. The summed E-state index contributed by atoms with van der Waals surface area (Å²) in [6.07, 6.45) is 0.802. The van der Waals surface area contributed by atoms with Crippen molar-refractivity contribution in [3.63, 3.8) is 0 Å². The van der Waals surface area contributed by atoms with Gasteiger partial charge in [0, 0.05) is 18.7 Å². The summed E-state index contributed by atoms with van der Waals surface area (Å²) in [5.41, 5.74) is 9.77. The van der Waals surface area contributed by atoms with E-state index in [0.29, 0.717) is 35.3 Å². The van der Waals surface area contributed by atoms with Gasteiger partial charge in [-0.1, -0.05) is 140 Å². The summed E-state index contributed by atoms with van der Waals surface area (Å²) in [7, 11) is 0. The average Bonchev–Trinajstić information content (AvgIpc) is 3.06. The zero-order valence-corrected chi connectivity index (χ0v) is 34.2. The molecule has 0 unspecified atom stereocenters. The van der Waals surface area contributed by atoms with E-state index in [1.165, 1.54) is 11.1 Å². The molecule has 0 radical (unpaired) electrons. The van der Waals surface area contributed by atoms with Crippen molar-refractivity contribution in [1.82, 2.24) is 9.80 Å². The Morgan fingerprint density at radius 3 is 1.54 bits per heavy atom. The predicted molar refractivity (Wildman–Crippen MR) is 218 cm³/mol. The second-order valence-electron chi connectivity index (χ2n) is 13.6. The van der Waals surface area contributed by atoms with Crippen LogP contribution in [-0.2, 0) is 0 Å². The molecule has 0 N–H and O–H groups in total. The Morgan fingerprint density at radius 1 is 0.580 bits per heavy atom. The first kappa shape index (κ1) is 38.8. The fourth-order valence-electron chi connectivity index (χ4n) is 6.59. The number of para-hydroxylation sites is 1.